The first kappa shape index (κ1) is 29.1. The summed E-state index contributed by atoms with van der Waals surface area (Å²) in [5, 5.41) is 72.3. The van der Waals surface area contributed by atoms with Gasteiger partial charge in [0.05, 0.1) is 0 Å². The number of amides is 1. The van der Waals surface area contributed by atoms with Crippen LogP contribution in [0.2, 0.25) is 0 Å². The van der Waals surface area contributed by atoms with E-state index in [4.69, 9.17) is 23.3 Å². The van der Waals surface area contributed by atoms with Gasteiger partial charge in [-0.1, -0.05) is 0 Å². The molecule has 12 atom stereocenters. The van der Waals surface area contributed by atoms with E-state index in [1.807, 2.05) is 5.32 Å². The Hall–Kier alpha value is -1.11. The highest BCUT2D eigenvalue weighted by Gasteiger charge is 2.55. The topological polar surface area (TPSA) is 307 Å². The van der Waals surface area contributed by atoms with Gasteiger partial charge in [0.2, 0.25) is 16.8 Å². The molecule has 0 aliphatic carbocycles. The van der Waals surface area contributed by atoms with Gasteiger partial charge in [-0.15, -0.1) is 0 Å². The molecule has 1 amide bonds. The Bertz CT molecular complexity index is 942. The van der Waals surface area contributed by atoms with Crippen LogP contribution in [0.4, 0.5) is 0 Å². The minimum atomic E-state index is -5.34. The van der Waals surface area contributed by atoms with Crippen molar-refractivity contribution in [2.45, 2.75) is 79.1 Å². The molecule has 2 rings (SSSR count). The third-order valence-electron chi connectivity index (χ3n) is 5.07. The van der Waals surface area contributed by atoms with Crippen molar-refractivity contribution in [1.29, 1.82) is 0 Å². The van der Waals surface area contributed by atoms with E-state index < -0.39 is 98.4 Å². The van der Waals surface area contributed by atoms with Crippen LogP contribution in [0.1, 0.15) is 6.92 Å². The summed E-state index contributed by atoms with van der Waals surface area (Å²) in [6.07, 6.45) is -20.4. The lowest BCUT2D eigenvalue weighted by atomic mass is 9.95. The second kappa shape index (κ2) is 10.5. The summed E-state index contributed by atoms with van der Waals surface area (Å²) < 4.78 is 78.3. The maximum absolute atomic E-state index is 11.4. The molecule has 18 nitrogen and oxygen atoms in total. The van der Waals surface area contributed by atoms with Crippen molar-refractivity contribution in [1.82, 2.24) is 5.32 Å². The summed E-state index contributed by atoms with van der Waals surface area (Å²) in [5.41, 5.74) is -5.77. The van der Waals surface area contributed by atoms with Gasteiger partial charge in [0.1, 0.15) is 48.8 Å². The molecule has 0 saturated carbocycles. The number of carbonyl (C=O) groups is 1. The van der Waals surface area contributed by atoms with E-state index >= 15 is 0 Å². The van der Waals surface area contributed by atoms with Gasteiger partial charge in [0.15, 0.2) is 12.6 Å². The average Bonchev–Trinajstić information content (AvgIpc) is 2.70. The molecule has 2 fully saturated rings. The maximum Gasteiger partial charge on any atom is 0.294 e. The van der Waals surface area contributed by atoms with E-state index in [9.17, 15) is 57.4 Å². The van der Waals surface area contributed by atoms with Crippen LogP contribution in [0.15, 0.2) is 0 Å². The molecule has 0 bridgehead atoms. The molecule has 2 heterocycles. The lowest BCUT2D eigenvalue weighted by molar-refractivity contribution is -0.348. The molecule has 2 saturated heterocycles. The number of ether oxygens (including phenoxy) is 3. The molecular formula is C14H25NO17S2. The minimum absolute atomic E-state index is 0.830. The van der Waals surface area contributed by atoms with Crippen LogP contribution >= 0.6 is 0 Å². The Labute approximate surface area is 191 Å². The van der Waals surface area contributed by atoms with Crippen molar-refractivity contribution in [3.05, 3.63) is 0 Å². The first-order chi connectivity index (χ1) is 15.4. The smallest absolute Gasteiger partial charge is 0.294 e. The standard InChI is InChI=1S/C14H25NO17S2/c1-2(16)15-3-4(17)8(10(30-11(3)21)13(23)34(27,28)29)31-14-7(20)5(18)6(19)9(32-14)12(22)33(24,25)26/h3-14,17-23H,1H3,(H,15,16)(H,24,25,26)(H,27,28,29)/t3-,4-,5+,6-,7-,8+,9+,10+,11?,12?,13?,14-/m1/s1. The summed E-state index contributed by atoms with van der Waals surface area (Å²) >= 11 is 0. The van der Waals surface area contributed by atoms with Gasteiger partial charge in [-0.25, -0.2) is 0 Å². The second-order valence-corrected chi connectivity index (χ2v) is 10.6. The Morgan fingerprint density at radius 1 is 0.824 bits per heavy atom. The molecule has 10 N–H and O–H groups in total. The maximum atomic E-state index is 11.4. The first-order valence-electron chi connectivity index (χ1n) is 9.30. The number of hydrogen-bond donors (Lipinski definition) is 10. The van der Waals surface area contributed by atoms with Crippen LogP contribution < -0.4 is 5.32 Å². The van der Waals surface area contributed by atoms with Gasteiger partial charge in [-0.3, -0.25) is 13.9 Å². The number of aliphatic hydroxyl groups is 7. The molecule has 0 aromatic carbocycles. The third kappa shape index (κ3) is 6.17. The number of aliphatic hydroxyl groups excluding tert-OH is 7. The highest BCUT2D eigenvalue weighted by atomic mass is 32.2. The highest BCUT2D eigenvalue weighted by molar-refractivity contribution is 7.86. The predicted molar refractivity (Wildman–Crippen MR) is 101 cm³/mol. The van der Waals surface area contributed by atoms with Crippen LogP contribution in [0.25, 0.3) is 0 Å². The molecule has 2 aliphatic heterocycles. The van der Waals surface area contributed by atoms with E-state index in [0.29, 0.717) is 0 Å². The Balaban J connectivity index is 2.42. The molecular weight excluding hydrogens is 518 g/mol. The van der Waals surface area contributed by atoms with E-state index in [-0.39, 0.29) is 0 Å². The lowest BCUT2D eigenvalue weighted by Gasteiger charge is -2.47. The average molecular weight is 543 g/mol. The Kier molecular flexibility index (Phi) is 8.97. The highest BCUT2D eigenvalue weighted by Crippen LogP contribution is 2.32. The van der Waals surface area contributed by atoms with Crippen LogP contribution in [-0.2, 0) is 39.2 Å². The molecule has 2 aliphatic rings. The van der Waals surface area contributed by atoms with Crippen molar-refractivity contribution < 1.29 is 80.7 Å². The van der Waals surface area contributed by atoms with Gasteiger partial charge in [-0.05, 0) is 0 Å². The van der Waals surface area contributed by atoms with Gasteiger partial charge < -0.3 is 55.3 Å². The first-order valence-corrected chi connectivity index (χ1v) is 12.3. The zero-order valence-corrected chi connectivity index (χ0v) is 18.7. The van der Waals surface area contributed by atoms with Crippen LogP contribution in [0.3, 0.4) is 0 Å². The summed E-state index contributed by atoms with van der Waals surface area (Å²) in [4.78, 5) is 11.4. The summed E-state index contributed by atoms with van der Waals surface area (Å²) in [6.45, 7) is 0.960. The lowest BCUT2D eigenvalue weighted by Crippen LogP contribution is -2.69. The Morgan fingerprint density at radius 3 is 1.79 bits per heavy atom. The molecule has 20 heteroatoms. The fourth-order valence-corrected chi connectivity index (χ4v) is 4.51. The zero-order valence-electron chi connectivity index (χ0n) is 17.0. The third-order valence-corrected chi connectivity index (χ3v) is 6.83. The molecule has 0 aromatic rings. The fourth-order valence-electron chi connectivity index (χ4n) is 3.38. The van der Waals surface area contributed by atoms with E-state index in [2.05, 4.69) is 0 Å². The normalized spacial score (nSPS) is 41.5. The van der Waals surface area contributed by atoms with Gasteiger partial charge in [0.25, 0.3) is 20.2 Å². The van der Waals surface area contributed by atoms with Gasteiger partial charge >= 0.3 is 0 Å². The van der Waals surface area contributed by atoms with Crippen molar-refractivity contribution in [3.63, 3.8) is 0 Å². The van der Waals surface area contributed by atoms with E-state index in [0.717, 1.165) is 6.92 Å². The van der Waals surface area contributed by atoms with Gasteiger partial charge in [-0.2, -0.15) is 16.8 Å². The summed E-state index contributed by atoms with van der Waals surface area (Å²) in [7, 11) is -10.6. The van der Waals surface area contributed by atoms with Crippen molar-refractivity contribution in [2.24, 2.45) is 0 Å². The summed E-state index contributed by atoms with van der Waals surface area (Å²) in [6, 6.07) is -1.75. The van der Waals surface area contributed by atoms with E-state index in [1.165, 1.54) is 0 Å². The molecule has 34 heavy (non-hydrogen) atoms. The molecule has 200 valence electrons. The van der Waals surface area contributed by atoms with Crippen molar-refractivity contribution in [3.8, 4) is 0 Å². The van der Waals surface area contributed by atoms with Gasteiger partial charge in [0, 0.05) is 6.92 Å². The predicted octanol–water partition coefficient (Wildman–Crippen LogP) is -6.83. The Morgan fingerprint density at radius 2 is 1.32 bits per heavy atom. The second-order valence-electron chi connectivity index (χ2n) is 7.56. The quantitative estimate of drug-likeness (QED) is 0.133. The SMILES string of the molecule is CC(=O)N[C@H]1C(O)O[C@H](C(O)S(=O)(=O)O)[C@@H](O[C@@H]2O[C@H](C(O)S(=O)(=O)O)[C@H](O)[C@H](O)[C@H]2O)[C@@H]1O. The number of nitrogens with one attached hydrogen (secondary N) is 1. The number of hydrogen-bond acceptors (Lipinski definition) is 15. The van der Waals surface area contributed by atoms with Crippen molar-refractivity contribution in [2.75, 3.05) is 0 Å². The molecule has 3 unspecified atom stereocenters. The number of rotatable bonds is 7. The van der Waals surface area contributed by atoms with E-state index in [1.54, 1.807) is 0 Å². The fraction of sp³-hybridized carbons (Fsp3) is 0.929. The van der Waals surface area contributed by atoms with Crippen LogP contribution in [0, 0.1) is 0 Å². The summed E-state index contributed by atoms with van der Waals surface area (Å²) in [5.74, 6) is -0.830. The zero-order chi connectivity index (χ0) is 26.3. The van der Waals surface area contributed by atoms with Crippen LogP contribution in [0.5, 0.6) is 0 Å². The molecule has 0 radical (unpaired) electrons. The minimum Gasteiger partial charge on any atom is -0.388 e. The monoisotopic (exact) mass is 543 g/mol. The molecule has 0 spiro atoms. The number of carbonyl (C=O) groups excluding carboxylic acids is 1. The van der Waals surface area contributed by atoms with Crippen LogP contribution in [-0.4, -0.2) is 140 Å². The van der Waals surface area contributed by atoms with Crippen molar-refractivity contribution >= 4 is 26.1 Å². The molecule has 0 aromatic heterocycles. The largest absolute Gasteiger partial charge is 0.388 e.